The van der Waals surface area contributed by atoms with Gasteiger partial charge in [0.15, 0.2) is 5.82 Å². The third kappa shape index (κ3) is 6.27. The summed E-state index contributed by atoms with van der Waals surface area (Å²) in [6.45, 7) is 5.99. The van der Waals surface area contributed by atoms with Crippen molar-refractivity contribution < 1.29 is 14.3 Å². The van der Waals surface area contributed by atoms with Gasteiger partial charge in [0.1, 0.15) is 5.69 Å². The van der Waals surface area contributed by atoms with Gasteiger partial charge in [0.05, 0.1) is 28.9 Å². The fourth-order valence-corrected chi connectivity index (χ4v) is 6.16. The second kappa shape index (κ2) is 12.4. The predicted molar refractivity (Wildman–Crippen MR) is 165 cm³/mol. The second-order valence-electron chi connectivity index (χ2n) is 12.0. The van der Waals surface area contributed by atoms with Crippen LogP contribution in [0, 0.1) is 5.82 Å². The van der Waals surface area contributed by atoms with Gasteiger partial charge in [-0.2, -0.15) is 5.10 Å². The van der Waals surface area contributed by atoms with Crippen molar-refractivity contribution in [3.05, 3.63) is 54.2 Å². The minimum Gasteiger partial charge on any atom is -0.393 e. The molecule has 1 aromatic carbocycles. The number of hydrogen-bond acceptors (Lipinski definition) is 8. The van der Waals surface area contributed by atoms with E-state index in [1.54, 1.807) is 17.9 Å². The van der Waals surface area contributed by atoms with Crippen LogP contribution in [0.5, 0.6) is 0 Å². The minimum absolute atomic E-state index is 0.0510. The Hall–Kier alpha value is -3.87. The summed E-state index contributed by atoms with van der Waals surface area (Å²) in [5, 5.41) is 17.2. The van der Waals surface area contributed by atoms with E-state index in [1.807, 2.05) is 6.07 Å². The largest absolute Gasteiger partial charge is 0.393 e. The Morgan fingerprint density at radius 3 is 2.58 bits per heavy atom. The molecule has 228 valence electrons. The quantitative estimate of drug-likeness (QED) is 0.322. The highest BCUT2D eigenvalue weighted by Crippen LogP contribution is 2.36. The van der Waals surface area contributed by atoms with E-state index in [-0.39, 0.29) is 23.4 Å². The number of carbonyl (C=O) groups is 1. The molecule has 3 aromatic heterocycles. The topological polar surface area (TPSA) is 108 Å². The molecule has 4 aromatic rings. The van der Waals surface area contributed by atoms with Gasteiger partial charge in [-0.25, -0.2) is 9.37 Å². The minimum atomic E-state index is -0.705. The Morgan fingerprint density at radius 2 is 1.88 bits per heavy atom. The molecule has 1 aliphatic carbocycles. The summed E-state index contributed by atoms with van der Waals surface area (Å²) < 4.78 is 19.2. The van der Waals surface area contributed by atoms with Crippen LogP contribution in [0.4, 0.5) is 16.0 Å². The van der Waals surface area contributed by atoms with Crippen molar-refractivity contribution in [2.45, 2.75) is 37.8 Å². The number of nitrogens with zero attached hydrogens (tertiary/aromatic N) is 8. The van der Waals surface area contributed by atoms with Crippen LogP contribution in [-0.2, 0) is 7.05 Å². The lowest BCUT2D eigenvalue weighted by Gasteiger charge is -2.36. The first kappa shape index (κ1) is 29.2. The summed E-state index contributed by atoms with van der Waals surface area (Å²) in [6.07, 6.45) is 7.17. The zero-order valence-corrected chi connectivity index (χ0v) is 25.1. The number of halogens is 1. The van der Waals surface area contributed by atoms with E-state index < -0.39 is 11.7 Å². The van der Waals surface area contributed by atoms with Crippen molar-refractivity contribution in [3.63, 3.8) is 0 Å². The zero-order valence-electron chi connectivity index (χ0n) is 25.1. The standard InChI is InChI=1S/C31H40FN9O2/c1-37(2)12-13-39-14-16-40(17-15-39)23-6-9-26-27(18-23)41(22-4-7-24(42)8-5-22)31(35-26)36-30(43)25-10-11-33-29(28(25)32)21-19-34-38(3)20-21/h6,9-11,18-20,22,24,42H,4-5,7-8,12-17H2,1-3H3,(H,35,36,43)/t22-,24+. The third-order valence-corrected chi connectivity index (χ3v) is 8.64. The maximum atomic E-state index is 15.6. The molecule has 0 radical (unpaired) electrons. The van der Waals surface area contributed by atoms with Crippen LogP contribution in [0.1, 0.15) is 42.1 Å². The number of aryl methyl sites for hydroxylation is 1. The van der Waals surface area contributed by atoms with Crippen LogP contribution in [0.2, 0.25) is 0 Å². The number of pyridine rings is 1. The summed E-state index contributed by atoms with van der Waals surface area (Å²) >= 11 is 0. The molecular weight excluding hydrogens is 549 g/mol. The molecule has 0 atom stereocenters. The molecule has 2 aliphatic rings. The molecule has 1 saturated heterocycles. The number of carbonyl (C=O) groups excluding carboxylic acids is 1. The van der Waals surface area contributed by atoms with E-state index in [0.717, 1.165) is 68.8 Å². The number of aliphatic hydroxyl groups is 1. The molecule has 11 nitrogen and oxygen atoms in total. The van der Waals surface area contributed by atoms with E-state index >= 15 is 4.39 Å². The summed E-state index contributed by atoms with van der Waals surface area (Å²) in [6, 6.07) is 7.68. The van der Waals surface area contributed by atoms with Crippen LogP contribution >= 0.6 is 0 Å². The molecular formula is C31H40FN9O2. The molecule has 1 amide bonds. The normalized spacial score (nSPS) is 19.8. The average Bonchev–Trinajstić information content (AvgIpc) is 3.59. The molecule has 0 bridgehead atoms. The van der Waals surface area contributed by atoms with Gasteiger partial charge in [-0.05, 0) is 64.0 Å². The smallest absolute Gasteiger partial charge is 0.261 e. The Kier molecular flexibility index (Phi) is 8.42. The van der Waals surface area contributed by atoms with Gasteiger partial charge in [0.25, 0.3) is 5.91 Å². The van der Waals surface area contributed by atoms with Crippen LogP contribution in [0.15, 0.2) is 42.9 Å². The van der Waals surface area contributed by atoms with Crippen LogP contribution < -0.4 is 10.2 Å². The maximum absolute atomic E-state index is 15.6. The Balaban J connectivity index is 1.29. The van der Waals surface area contributed by atoms with Crippen LogP contribution in [-0.4, -0.2) is 105 Å². The summed E-state index contributed by atoms with van der Waals surface area (Å²) in [4.78, 5) is 29.6. The molecule has 2 N–H and O–H groups in total. The number of likely N-dealkylation sites (N-methyl/N-ethyl adjacent to an activating group) is 1. The van der Waals surface area contributed by atoms with Gasteiger partial charge in [-0.3, -0.25) is 24.7 Å². The highest BCUT2D eigenvalue weighted by molar-refractivity contribution is 6.05. The number of rotatable bonds is 8. The van der Waals surface area contributed by atoms with E-state index in [1.165, 1.54) is 18.5 Å². The van der Waals surface area contributed by atoms with Gasteiger partial charge in [0.2, 0.25) is 5.95 Å². The number of benzene rings is 1. The highest BCUT2D eigenvalue weighted by Gasteiger charge is 2.28. The first-order chi connectivity index (χ1) is 20.8. The van der Waals surface area contributed by atoms with E-state index in [4.69, 9.17) is 4.98 Å². The fraction of sp³-hybridized carbons (Fsp3) is 0.484. The van der Waals surface area contributed by atoms with Gasteiger partial charge in [0, 0.05) is 76.0 Å². The number of imidazole rings is 1. The van der Waals surface area contributed by atoms with Crippen LogP contribution in [0.25, 0.3) is 22.3 Å². The molecule has 43 heavy (non-hydrogen) atoms. The van der Waals surface area contributed by atoms with Crippen molar-refractivity contribution in [2.75, 3.05) is 63.6 Å². The molecule has 0 spiro atoms. The van der Waals surface area contributed by atoms with Crippen molar-refractivity contribution in [1.82, 2.24) is 34.1 Å². The SMILES string of the molecule is CN(C)CCN1CCN(c2ccc3nc(NC(=O)c4ccnc(-c5cnn(C)c5)c4F)n([C@H]4CC[C@@H](O)CC4)c3c2)CC1. The van der Waals surface area contributed by atoms with E-state index in [0.29, 0.717) is 24.4 Å². The lowest BCUT2D eigenvalue weighted by molar-refractivity contribution is 0.101. The molecule has 1 aliphatic heterocycles. The summed E-state index contributed by atoms with van der Waals surface area (Å²) in [5.41, 5.74) is 3.27. The Morgan fingerprint density at radius 1 is 1.12 bits per heavy atom. The zero-order chi connectivity index (χ0) is 30.1. The number of aromatic nitrogens is 5. The lowest BCUT2D eigenvalue weighted by Crippen LogP contribution is -2.48. The van der Waals surface area contributed by atoms with Crippen molar-refractivity contribution >= 4 is 28.6 Å². The van der Waals surface area contributed by atoms with Gasteiger partial charge >= 0.3 is 0 Å². The molecule has 2 fully saturated rings. The third-order valence-electron chi connectivity index (χ3n) is 8.64. The summed E-state index contributed by atoms with van der Waals surface area (Å²) in [7, 11) is 5.95. The number of hydrogen-bond donors (Lipinski definition) is 2. The molecule has 12 heteroatoms. The lowest BCUT2D eigenvalue weighted by atomic mass is 9.93. The fourth-order valence-electron chi connectivity index (χ4n) is 6.16. The first-order valence-electron chi connectivity index (χ1n) is 15.0. The number of anilines is 2. The van der Waals surface area contributed by atoms with Gasteiger partial charge in [-0.15, -0.1) is 0 Å². The molecule has 0 unspecified atom stereocenters. The Bertz CT molecular complexity index is 1580. The Labute approximate surface area is 250 Å². The number of nitrogens with one attached hydrogen (secondary N) is 1. The number of amides is 1. The maximum Gasteiger partial charge on any atom is 0.261 e. The van der Waals surface area contributed by atoms with Crippen molar-refractivity contribution in [3.8, 4) is 11.3 Å². The number of aliphatic hydroxyl groups excluding tert-OH is 1. The molecule has 1 saturated carbocycles. The molecule has 6 rings (SSSR count). The monoisotopic (exact) mass is 589 g/mol. The number of fused-ring (bicyclic) bond motifs is 1. The van der Waals surface area contributed by atoms with Crippen molar-refractivity contribution in [1.29, 1.82) is 0 Å². The predicted octanol–water partition coefficient (Wildman–Crippen LogP) is 3.38. The second-order valence-corrected chi connectivity index (χ2v) is 12.0. The molecule has 4 heterocycles. The van der Waals surface area contributed by atoms with Gasteiger partial charge in [-0.1, -0.05) is 0 Å². The van der Waals surface area contributed by atoms with Gasteiger partial charge < -0.3 is 19.5 Å². The first-order valence-corrected chi connectivity index (χ1v) is 15.0. The number of piperazine rings is 1. The van der Waals surface area contributed by atoms with Crippen LogP contribution in [0.3, 0.4) is 0 Å². The van der Waals surface area contributed by atoms with Crippen molar-refractivity contribution in [2.24, 2.45) is 7.05 Å². The average molecular weight is 590 g/mol. The summed E-state index contributed by atoms with van der Waals surface area (Å²) in [5.74, 6) is -0.916. The van der Waals surface area contributed by atoms with E-state index in [2.05, 4.69) is 60.9 Å². The highest BCUT2D eigenvalue weighted by atomic mass is 19.1. The van der Waals surface area contributed by atoms with E-state index in [9.17, 15) is 9.90 Å².